The molecule has 5 nitrogen and oxygen atoms in total. The summed E-state index contributed by atoms with van der Waals surface area (Å²) in [4.78, 5) is 13.7. The number of aromatic nitrogens is 3. The van der Waals surface area contributed by atoms with Gasteiger partial charge in [0.15, 0.2) is 0 Å². The Hall–Kier alpha value is -3.99. The van der Waals surface area contributed by atoms with Gasteiger partial charge in [-0.05, 0) is 58.8 Å². The first-order chi connectivity index (χ1) is 15.5. The average Bonchev–Trinajstić information content (AvgIpc) is 2.77. The van der Waals surface area contributed by atoms with Crippen LogP contribution in [0.15, 0.2) is 67.0 Å². The number of nitrogens with zero attached hydrogens (tertiary/aromatic N) is 3. The third kappa shape index (κ3) is 3.62. The van der Waals surface area contributed by atoms with Crippen molar-refractivity contribution < 1.29 is 10.2 Å². The SMILES string of the molecule is CCc1ncc2ccc(-c3c(C)ccc4c(Cc5cc(O)cc(O)c5)nccc34)cc2n1. The minimum atomic E-state index is 0.0429. The Morgan fingerprint density at radius 1 is 0.844 bits per heavy atom. The molecule has 0 spiro atoms. The Morgan fingerprint density at radius 3 is 2.44 bits per heavy atom. The molecule has 0 radical (unpaired) electrons. The van der Waals surface area contributed by atoms with Crippen molar-refractivity contribution in [3.63, 3.8) is 0 Å². The Kier molecular flexibility index (Phi) is 4.94. The molecule has 5 rings (SSSR count). The van der Waals surface area contributed by atoms with Gasteiger partial charge in [-0.25, -0.2) is 9.97 Å². The molecule has 2 heterocycles. The lowest BCUT2D eigenvalue weighted by molar-refractivity contribution is 0.449. The van der Waals surface area contributed by atoms with Crippen molar-refractivity contribution in [3.8, 4) is 22.6 Å². The van der Waals surface area contributed by atoms with Gasteiger partial charge < -0.3 is 10.2 Å². The fourth-order valence-corrected chi connectivity index (χ4v) is 4.29. The quantitative estimate of drug-likeness (QED) is 0.388. The molecule has 0 unspecified atom stereocenters. The van der Waals surface area contributed by atoms with Crippen LogP contribution < -0.4 is 0 Å². The van der Waals surface area contributed by atoms with Gasteiger partial charge in [0.05, 0.1) is 11.2 Å². The molecule has 5 heteroatoms. The molecule has 0 aliphatic rings. The van der Waals surface area contributed by atoms with Gasteiger partial charge in [-0.1, -0.05) is 31.2 Å². The number of pyridine rings is 1. The molecule has 0 atom stereocenters. The first-order valence-corrected chi connectivity index (χ1v) is 10.7. The number of rotatable bonds is 4. The summed E-state index contributed by atoms with van der Waals surface area (Å²) in [5.74, 6) is 0.924. The number of phenolic OH excluding ortho intramolecular Hbond substituents is 2. The Bertz CT molecular complexity index is 1460. The highest BCUT2D eigenvalue weighted by Gasteiger charge is 2.13. The second-order valence-corrected chi connectivity index (χ2v) is 8.06. The van der Waals surface area contributed by atoms with Crippen LogP contribution in [-0.4, -0.2) is 25.2 Å². The number of aryl methyl sites for hydroxylation is 2. The van der Waals surface area contributed by atoms with E-state index in [1.807, 2.05) is 18.5 Å². The lowest BCUT2D eigenvalue weighted by atomic mass is 9.92. The topological polar surface area (TPSA) is 79.1 Å². The molecule has 2 aromatic heterocycles. The van der Waals surface area contributed by atoms with Crippen molar-refractivity contribution in [3.05, 3.63) is 89.6 Å². The summed E-state index contributed by atoms with van der Waals surface area (Å²) in [6.07, 6.45) is 5.01. The molecule has 0 bridgehead atoms. The normalized spacial score (nSPS) is 11.3. The van der Waals surface area contributed by atoms with Crippen LogP contribution in [0.1, 0.15) is 29.6 Å². The molecule has 0 saturated carbocycles. The van der Waals surface area contributed by atoms with Crippen LogP contribution >= 0.6 is 0 Å². The third-order valence-electron chi connectivity index (χ3n) is 5.81. The molecule has 0 amide bonds. The van der Waals surface area contributed by atoms with Gasteiger partial charge in [0.2, 0.25) is 0 Å². The predicted octanol–water partition coefficient (Wildman–Crippen LogP) is 5.72. The minimum absolute atomic E-state index is 0.0429. The van der Waals surface area contributed by atoms with Crippen molar-refractivity contribution in [1.29, 1.82) is 0 Å². The molecule has 32 heavy (non-hydrogen) atoms. The average molecular weight is 422 g/mol. The smallest absolute Gasteiger partial charge is 0.128 e. The van der Waals surface area contributed by atoms with Gasteiger partial charge in [-0.2, -0.15) is 0 Å². The summed E-state index contributed by atoms with van der Waals surface area (Å²) in [6, 6.07) is 17.2. The van der Waals surface area contributed by atoms with Crippen LogP contribution in [0, 0.1) is 6.92 Å². The van der Waals surface area contributed by atoms with E-state index in [9.17, 15) is 10.2 Å². The van der Waals surface area contributed by atoms with Crippen LogP contribution in [0.2, 0.25) is 0 Å². The van der Waals surface area contributed by atoms with Crippen LogP contribution in [0.3, 0.4) is 0 Å². The van der Waals surface area contributed by atoms with E-state index in [4.69, 9.17) is 4.98 Å². The largest absolute Gasteiger partial charge is 0.508 e. The number of fused-ring (bicyclic) bond motifs is 2. The monoisotopic (exact) mass is 421 g/mol. The van der Waals surface area contributed by atoms with E-state index in [2.05, 4.69) is 54.1 Å². The highest BCUT2D eigenvalue weighted by Crippen LogP contribution is 2.35. The summed E-state index contributed by atoms with van der Waals surface area (Å²) < 4.78 is 0. The lowest BCUT2D eigenvalue weighted by Gasteiger charge is -2.14. The Labute approximate surface area is 186 Å². The van der Waals surface area contributed by atoms with E-state index >= 15 is 0 Å². The number of hydrogen-bond acceptors (Lipinski definition) is 5. The third-order valence-corrected chi connectivity index (χ3v) is 5.81. The van der Waals surface area contributed by atoms with E-state index in [0.29, 0.717) is 6.42 Å². The zero-order chi connectivity index (χ0) is 22.2. The molecule has 0 fully saturated rings. The van der Waals surface area contributed by atoms with Crippen molar-refractivity contribution >= 4 is 21.7 Å². The van der Waals surface area contributed by atoms with Crippen molar-refractivity contribution in [2.75, 3.05) is 0 Å². The summed E-state index contributed by atoms with van der Waals surface area (Å²) in [5, 5.41) is 22.9. The zero-order valence-electron chi connectivity index (χ0n) is 18.0. The van der Waals surface area contributed by atoms with Gasteiger partial charge >= 0.3 is 0 Å². The second kappa shape index (κ2) is 7.93. The van der Waals surface area contributed by atoms with Crippen molar-refractivity contribution in [2.45, 2.75) is 26.7 Å². The summed E-state index contributed by atoms with van der Waals surface area (Å²) in [7, 11) is 0. The molecule has 158 valence electrons. The highest BCUT2D eigenvalue weighted by molar-refractivity contribution is 6.00. The highest BCUT2D eigenvalue weighted by atomic mass is 16.3. The summed E-state index contributed by atoms with van der Waals surface area (Å²) >= 11 is 0. The fourth-order valence-electron chi connectivity index (χ4n) is 4.29. The van der Waals surface area contributed by atoms with E-state index in [-0.39, 0.29) is 11.5 Å². The van der Waals surface area contributed by atoms with Crippen molar-refractivity contribution in [2.24, 2.45) is 0 Å². The molecule has 0 aliphatic carbocycles. The van der Waals surface area contributed by atoms with Crippen LogP contribution in [0.25, 0.3) is 32.8 Å². The predicted molar refractivity (Wildman–Crippen MR) is 127 cm³/mol. The first kappa shape index (κ1) is 19.9. The molecule has 2 N–H and O–H groups in total. The van der Waals surface area contributed by atoms with Gasteiger partial charge in [0.1, 0.15) is 17.3 Å². The van der Waals surface area contributed by atoms with Gasteiger partial charge in [-0.3, -0.25) is 4.98 Å². The Balaban J connectivity index is 1.66. The maximum atomic E-state index is 9.85. The summed E-state index contributed by atoms with van der Waals surface area (Å²) in [6.45, 7) is 4.17. The first-order valence-electron chi connectivity index (χ1n) is 10.7. The van der Waals surface area contributed by atoms with E-state index in [0.717, 1.165) is 56.3 Å². The molecular formula is C27H23N3O2. The molecule has 5 aromatic rings. The number of hydrogen-bond donors (Lipinski definition) is 2. The number of benzene rings is 3. The van der Waals surface area contributed by atoms with Gasteiger partial charge in [0, 0.05) is 42.1 Å². The van der Waals surface area contributed by atoms with Gasteiger partial charge in [0.25, 0.3) is 0 Å². The van der Waals surface area contributed by atoms with Gasteiger partial charge in [-0.15, -0.1) is 0 Å². The van der Waals surface area contributed by atoms with Crippen LogP contribution in [-0.2, 0) is 12.8 Å². The maximum Gasteiger partial charge on any atom is 0.128 e. The van der Waals surface area contributed by atoms with E-state index < -0.39 is 0 Å². The maximum absolute atomic E-state index is 9.85. The molecule has 3 aromatic carbocycles. The molecular weight excluding hydrogens is 398 g/mol. The molecule has 0 saturated heterocycles. The minimum Gasteiger partial charge on any atom is -0.508 e. The zero-order valence-corrected chi connectivity index (χ0v) is 18.0. The lowest BCUT2D eigenvalue weighted by Crippen LogP contribution is -1.96. The molecule has 0 aliphatic heterocycles. The second-order valence-electron chi connectivity index (χ2n) is 8.06. The Morgan fingerprint density at radius 2 is 1.66 bits per heavy atom. The number of phenols is 2. The standard InChI is InChI=1S/C27H23N3O2/c1-3-26-29-15-19-6-5-18(13-24(19)30-26)27-16(2)4-7-22-23(27)8-9-28-25(22)12-17-10-20(31)14-21(32)11-17/h4-11,13-15,31-32H,3,12H2,1-2H3. The van der Waals surface area contributed by atoms with Crippen LogP contribution in [0.5, 0.6) is 11.5 Å². The van der Waals surface area contributed by atoms with Crippen molar-refractivity contribution in [1.82, 2.24) is 15.0 Å². The van der Waals surface area contributed by atoms with E-state index in [1.165, 1.54) is 11.6 Å². The fraction of sp³-hybridized carbons (Fsp3) is 0.148. The van der Waals surface area contributed by atoms with Crippen LogP contribution in [0.4, 0.5) is 0 Å². The van der Waals surface area contributed by atoms with E-state index in [1.54, 1.807) is 12.1 Å². The number of aromatic hydroxyl groups is 2. The summed E-state index contributed by atoms with van der Waals surface area (Å²) in [5.41, 5.74) is 6.07.